The Labute approximate surface area is 74.2 Å². The second-order valence-corrected chi connectivity index (χ2v) is 2.83. The van der Waals surface area contributed by atoms with Crippen LogP contribution in [-0.4, -0.2) is 26.1 Å². The number of hydrazine groups is 1. The molecule has 0 heterocycles. The highest BCUT2D eigenvalue weighted by atomic mass is 16.5. The largest absolute Gasteiger partial charge is 0.384 e. The Balaban J connectivity index is 3.77. The zero-order valence-electron chi connectivity index (χ0n) is 8.13. The van der Waals surface area contributed by atoms with E-state index in [9.17, 15) is 0 Å². The molecule has 0 aliphatic rings. The zero-order chi connectivity index (χ0) is 9.40. The summed E-state index contributed by atoms with van der Waals surface area (Å²) in [5, 5.41) is 0. The molecule has 0 aromatic rings. The normalized spacial score (nSPS) is 14.5. The van der Waals surface area contributed by atoms with Crippen LogP contribution in [0.25, 0.3) is 0 Å². The van der Waals surface area contributed by atoms with Crippen LogP contribution < -0.4 is 11.3 Å². The molecular weight excluding hydrogens is 154 g/mol. The first-order valence-corrected chi connectivity index (χ1v) is 4.23. The van der Waals surface area contributed by atoms with E-state index in [1.807, 2.05) is 6.92 Å². The monoisotopic (exact) mass is 173 g/mol. The summed E-state index contributed by atoms with van der Waals surface area (Å²) in [7, 11) is 1.70. The minimum Gasteiger partial charge on any atom is -0.384 e. The molecule has 72 valence electrons. The van der Waals surface area contributed by atoms with E-state index < -0.39 is 0 Å². The van der Waals surface area contributed by atoms with Gasteiger partial charge in [0.1, 0.15) is 5.84 Å². The lowest BCUT2D eigenvalue weighted by Gasteiger charge is -2.11. The van der Waals surface area contributed by atoms with Crippen LogP contribution in [0.4, 0.5) is 0 Å². The van der Waals surface area contributed by atoms with Crippen molar-refractivity contribution in [3.05, 3.63) is 0 Å². The van der Waals surface area contributed by atoms with Gasteiger partial charge in [-0.05, 0) is 12.8 Å². The fraction of sp³-hybridized carbons (Fsp3) is 0.875. The summed E-state index contributed by atoms with van der Waals surface area (Å²) in [5.41, 5.74) is 2.59. The first-order valence-electron chi connectivity index (χ1n) is 4.23. The van der Waals surface area contributed by atoms with Gasteiger partial charge in [-0.15, -0.1) is 0 Å². The third-order valence-electron chi connectivity index (χ3n) is 1.51. The molecule has 0 fully saturated rings. The number of nitrogens with zero attached hydrogens (tertiary/aromatic N) is 1. The van der Waals surface area contributed by atoms with Crippen molar-refractivity contribution in [1.29, 1.82) is 0 Å². The van der Waals surface area contributed by atoms with E-state index in [0.717, 1.165) is 25.4 Å². The molecule has 0 aromatic carbocycles. The Kier molecular flexibility index (Phi) is 6.70. The van der Waals surface area contributed by atoms with Crippen molar-refractivity contribution in [3.8, 4) is 0 Å². The number of amidine groups is 1. The summed E-state index contributed by atoms with van der Waals surface area (Å²) in [5.74, 6) is 6.59. The van der Waals surface area contributed by atoms with Crippen LogP contribution in [0.1, 0.15) is 20.3 Å². The molecule has 0 amide bonds. The maximum Gasteiger partial charge on any atom is 0.111 e. The molecule has 1 atom stereocenters. The van der Waals surface area contributed by atoms with Gasteiger partial charge < -0.3 is 10.2 Å². The maximum atomic E-state index is 5.28. The molecule has 0 radical (unpaired) electrons. The summed E-state index contributed by atoms with van der Waals surface area (Å²) in [4.78, 5) is 4.19. The van der Waals surface area contributed by atoms with Crippen molar-refractivity contribution in [3.63, 3.8) is 0 Å². The molecule has 0 aromatic heterocycles. The minimum absolute atomic E-state index is 0.455. The summed E-state index contributed by atoms with van der Waals surface area (Å²) in [6, 6.07) is 0. The Morgan fingerprint density at radius 2 is 2.33 bits per heavy atom. The molecule has 0 bridgehead atoms. The van der Waals surface area contributed by atoms with Crippen molar-refractivity contribution < 1.29 is 4.74 Å². The Morgan fingerprint density at radius 1 is 1.67 bits per heavy atom. The Bertz CT molecular complexity index is 136. The van der Waals surface area contributed by atoms with Crippen molar-refractivity contribution in [2.45, 2.75) is 20.3 Å². The predicted molar refractivity (Wildman–Crippen MR) is 51.0 cm³/mol. The Hall–Kier alpha value is -0.610. The molecular formula is C8H19N3O. The molecule has 4 heteroatoms. The predicted octanol–water partition coefficient (Wildman–Crippen LogP) is 0.541. The van der Waals surface area contributed by atoms with E-state index in [1.54, 1.807) is 7.11 Å². The number of hydrogen-bond donors (Lipinski definition) is 2. The van der Waals surface area contributed by atoms with Crippen molar-refractivity contribution in [2.24, 2.45) is 16.8 Å². The second-order valence-electron chi connectivity index (χ2n) is 2.83. The van der Waals surface area contributed by atoms with E-state index in [4.69, 9.17) is 10.6 Å². The molecule has 4 nitrogen and oxygen atoms in total. The maximum absolute atomic E-state index is 5.28. The quantitative estimate of drug-likeness (QED) is 0.276. The lowest BCUT2D eigenvalue weighted by Crippen LogP contribution is -2.32. The average Bonchev–Trinajstić information content (AvgIpc) is 2.04. The van der Waals surface area contributed by atoms with Gasteiger partial charge in [-0.3, -0.25) is 4.99 Å². The molecule has 0 saturated heterocycles. The summed E-state index contributed by atoms with van der Waals surface area (Å²) in [6.07, 6.45) is 0.845. The van der Waals surface area contributed by atoms with Gasteiger partial charge in [0, 0.05) is 26.7 Å². The van der Waals surface area contributed by atoms with Crippen molar-refractivity contribution in [1.82, 2.24) is 5.43 Å². The molecule has 0 rings (SSSR count). The number of nitrogens with two attached hydrogens (primary N) is 1. The highest BCUT2D eigenvalue weighted by molar-refractivity contribution is 5.81. The van der Waals surface area contributed by atoms with Gasteiger partial charge in [-0.2, -0.15) is 0 Å². The summed E-state index contributed by atoms with van der Waals surface area (Å²) in [6.45, 7) is 5.59. The van der Waals surface area contributed by atoms with Gasteiger partial charge >= 0.3 is 0 Å². The number of aliphatic imine (C=N–C) groups is 1. The summed E-state index contributed by atoms with van der Waals surface area (Å²) < 4.78 is 5.00. The van der Waals surface area contributed by atoms with E-state index in [1.165, 1.54) is 0 Å². The van der Waals surface area contributed by atoms with Gasteiger partial charge in [0.25, 0.3) is 0 Å². The minimum atomic E-state index is 0.455. The third kappa shape index (κ3) is 5.09. The summed E-state index contributed by atoms with van der Waals surface area (Å²) >= 11 is 0. The SMILES string of the molecule is CCN=C(CC(C)COC)NN. The molecule has 0 aliphatic carbocycles. The van der Waals surface area contributed by atoms with Gasteiger partial charge in [-0.1, -0.05) is 6.92 Å². The van der Waals surface area contributed by atoms with E-state index in [-0.39, 0.29) is 0 Å². The number of rotatable bonds is 5. The van der Waals surface area contributed by atoms with Crippen LogP contribution in [0.3, 0.4) is 0 Å². The van der Waals surface area contributed by atoms with Crippen LogP contribution in [0.5, 0.6) is 0 Å². The van der Waals surface area contributed by atoms with E-state index in [2.05, 4.69) is 17.3 Å². The first kappa shape index (κ1) is 11.4. The fourth-order valence-corrected chi connectivity index (χ4v) is 1.03. The van der Waals surface area contributed by atoms with Crippen molar-refractivity contribution >= 4 is 5.84 Å². The van der Waals surface area contributed by atoms with Crippen LogP contribution in [0, 0.1) is 5.92 Å². The number of methoxy groups -OCH3 is 1. The third-order valence-corrected chi connectivity index (χ3v) is 1.51. The standard InChI is InChI=1S/C8H19N3O/c1-4-10-8(11-9)5-7(2)6-12-3/h7H,4-6,9H2,1-3H3,(H,10,11). The van der Waals surface area contributed by atoms with Gasteiger partial charge in [0.05, 0.1) is 0 Å². The zero-order valence-corrected chi connectivity index (χ0v) is 8.13. The topological polar surface area (TPSA) is 59.6 Å². The van der Waals surface area contributed by atoms with Gasteiger partial charge in [0.2, 0.25) is 0 Å². The number of nitrogens with one attached hydrogen (secondary N) is 1. The molecule has 1 unspecified atom stereocenters. The van der Waals surface area contributed by atoms with Crippen LogP contribution in [0.2, 0.25) is 0 Å². The highest BCUT2D eigenvalue weighted by Gasteiger charge is 2.04. The van der Waals surface area contributed by atoms with Gasteiger partial charge in [-0.25, -0.2) is 5.84 Å². The van der Waals surface area contributed by atoms with Crippen LogP contribution in [-0.2, 0) is 4.74 Å². The average molecular weight is 173 g/mol. The van der Waals surface area contributed by atoms with Crippen LogP contribution >= 0.6 is 0 Å². The molecule has 12 heavy (non-hydrogen) atoms. The highest BCUT2D eigenvalue weighted by Crippen LogP contribution is 2.01. The van der Waals surface area contributed by atoms with Gasteiger partial charge in [0.15, 0.2) is 0 Å². The van der Waals surface area contributed by atoms with Crippen LogP contribution in [0.15, 0.2) is 4.99 Å². The molecule has 0 saturated carbocycles. The fourth-order valence-electron chi connectivity index (χ4n) is 1.03. The lowest BCUT2D eigenvalue weighted by atomic mass is 10.1. The number of hydrogen-bond acceptors (Lipinski definition) is 3. The molecule has 3 N–H and O–H groups in total. The number of ether oxygens (including phenoxy) is 1. The first-order chi connectivity index (χ1) is 5.74. The van der Waals surface area contributed by atoms with E-state index in [0.29, 0.717) is 5.92 Å². The molecule has 0 spiro atoms. The second kappa shape index (κ2) is 7.06. The van der Waals surface area contributed by atoms with Crippen molar-refractivity contribution in [2.75, 3.05) is 20.3 Å². The smallest absolute Gasteiger partial charge is 0.111 e. The molecule has 0 aliphatic heterocycles. The Morgan fingerprint density at radius 3 is 2.75 bits per heavy atom. The van der Waals surface area contributed by atoms with E-state index >= 15 is 0 Å². The lowest BCUT2D eigenvalue weighted by molar-refractivity contribution is 0.162.